The lowest BCUT2D eigenvalue weighted by Crippen LogP contribution is -2.41. The Kier molecular flexibility index (Phi) is 4.63. The lowest BCUT2D eigenvalue weighted by molar-refractivity contribution is 0.00578. The van der Waals surface area contributed by atoms with Crippen molar-refractivity contribution in [2.24, 2.45) is 5.18 Å². The molecule has 5 heteroatoms. The predicted molar refractivity (Wildman–Crippen MR) is 103 cm³/mol. The van der Waals surface area contributed by atoms with Crippen molar-refractivity contribution in [3.63, 3.8) is 0 Å². The van der Waals surface area contributed by atoms with Crippen LogP contribution in [0, 0.1) is 4.91 Å². The Morgan fingerprint density at radius 1 is 0.800 bits per heavy atom. The average Bonchev–Trinajstić information content (AvgIpc) is 2.82. The van der Waals surface area contributed by atoms with Crippen molar-refractivity contribution < 1.29 is 9.31 Å². The molecule has 0 N–H and O–H groups in total. The van der Waals surface area contributed by atoms with Crippen LogP contribution >= 0.6 is 0 Å². The van der Waals surface area contributed by atoms with Crippen LogP contribution in [0.4, 0.5) is 5.69 Å². The van der Waals surface area contributed by atoms with Crippen molar-refractivity contribution in [2.75, 3.05) is 0 Å². The highest BCUT2D eigenvalue weighted by atomic mass is 16.7. The van der Waals surface area contributed by atoms with E-state index >= 15 is 0 Å². The molecule has 2 aromatic rings. The molecule has 0 aromatic heterocycles. The largest absolute Gasteiger partial charge is 0.494 e. The van der Waals surface area contributed by atoms with Gasteiger partial charge < -0.3 is 9.31 Å². The average molecular weight is 335 g/mol. The number of nitrogens with zero attached hydrogens (tertiary/aromatic N) is 1. The smallest absolute Gasteiger partial charge is 0.399 e. The summed E-state index contributed by atoms with van der Waals surface area (Å²) in [6, 6.07) is 15.3. The van der Waals surface area contributed by atoms with Gasteiger partial charge in [-0.15, -0.1) is 4.91 Å². The Balaban J connectivity index is 1.70. The highest BCUT2D eigenvalue weighted by molar-refractivity contribution is 6.62. The molecule has 1 saturated heterocycles. The van der Waals surface area contributed by atoms with Gasteiger partial charge in [0.15, 0.2) is 0 Å². The Hall–Kier alpha value is -2.24. The molecule has 0 unspecified atom stereocenters. The van der Waals surface area contributed by atoms with Crippen LogP contribution in [0.25, 0.3) is 12.2 Å². The maximum Gasteiger partial charge on any atom is 0.494 e. The molecule has 128 valence electrons. The molecule has 3 rings (SSSR count). The molecule has 0 bridgehead atoms. The summed E-state index contributed by atoms with van der Waals surface area (Å²) >= 11 is 0. The van der Waals surface area contributed by atoms with E-state index in [1.807, 2.05) is 48.6 Å². The molecule has 1 aliphatic rings. The summed E-state index contributed by atoms with van der Waals surface area (Å²) in [6.07, 6.45) is 4.02. The molecule has 1 heterocycles. The van der Waals surface area contributed by atoms with Crippen LogP contribution < -0.4 is 5.46 Å². The van der Waals surface area contributed by atoms with Gasteiger partial charge in [-0.2, -0.15) is 0 Å². The Morgan fingerprint density at radius 2 is 1.24 bits per heavy atom. The minimum absolute atomic E-state index is 0.335. The zero-order valence-electron chi connectivity index (χ0n) is 15.0. The number of nitroso groups, excluding NO2 is 1. The number of rotatable bonds is 4. The van der Waals surface area contributed by atoms with Crippen LogP contribution in [-0.2, 0) is 9.31 Å². The number of benzene rings is 2. The molecule has 0 saturated carbocycles. The fourth-order valence-corrected chi connectivity index (χ4v) is 2.58. The maximum absolute atomic E-state index is 10.4. The van der Waals surface area contributed by atoms with Crippen molar-refractivity contribution in [3.05, 3.63) is 64.6 Å². The molecule has 1 aliphatic heterocycles. The lowest BCUT2D eigenvalue weighted by atomic mass is 9.79. The molecule has 4 nitrogen and oxygen atoms in total. The molecule has 0 amide bonds. The van der Waals surface area contributed by atoms with Crippen molar-refractivity contribution in [1.29, 1.82) is 0 Å². The van der Waals surface area contributed by atoms with E-state index in [1.165, 1.54) is 0 Å². The van der Waals surface area contributed by atoms with E-state index in [0.717, 1.165) is 16.6 Å². The molecule has 0 atom stereocenters. The molecule has 25 heavy (non-hydrogen) atoms. The quantitative estimate of drug-likeness (QED) is 0.468. The zero-order valence-corrected chi connectivity index (χ0v) is 15.0. The SMILES string of the molecule is CC1(C)OB(c2ccc(/C=C/c3ccc(N=O)cc3)cc2)OC1(C)C. The summed E-state index contributed by atoms with van der Waals surface area (Å²) in [6.45, 7) is 8.20. The summed E-state index contributed by atoms with van der Waals surface area (Å²) in [5, 5.41) is 2.90. The zero-order chi connectivity index (χ0) is 18.1. The van der Waals surface area contributed by atoms with Gasteiger partial charge in [-0.3, -0.25) is 0 Å². The van der Waals surface area contributed by atoms with Crippen molar-refractivity contribution in [2.45, 2.75) is 38.9 Å². The first-order chi connectivity index (χ1) is 11.8. The van der Waals surface area contributed by atoms with Crippen LogP contribution in [0.2, 0.25) is 0 Å². The van der Waals surface area contributed by atoms with Crippen molar-refractivity contribution in [1.82, 2.24) is 0 Å². The summed E-state index contributed by atoms with van der Waals surface area (Å²) < 4.78 is 12.1. The van der Waals surface area contributed by atoms with E-state index in [1.54, 1.807) is 12.1 Å². The third-order valence-corrected chi connectivity index (χ3v) is 4.93. The first-order valence-corrected chi connectivity index (χ1v) is 8.38. The molecule has 0 spiro atoms. The second-order valence-corrected chi connectivity index (χ2v) is 7.27. The minimum Gasteiger partial charge on any atom is -0.399 e. The number of hydrogen-bond acceptors (Lipinski definition) is 4. The highest BCUT2D eigenvalue weighted by Crippen LogP contribution is 2.36. The molecular formula is C20H22BNO3. The minimum atomic E-state index is -0.341. The third-order valence-electron chi connectivity index (χ3n) is 4.93. The summed E-state index contributed by atoms with van der Waals surface area (Å²) in [5.41, 5.74) is 2.87. The van der Waals surface area contributed by atoms with Gasteiger partial charge in [0.2, 0.25) is 0 Å². The molecule has 1 fully saturated rings. The van der Waals surface area contributed by atoms with E-state index in [2.05, 4.69) is 32.9 Å². The second kappa shape index (κ2) is 6.58. The van der Waals surface area contributed by atoms with Crippen LogP contribution in [-0.4, -0.2) is 18.3 Å². The van der Waals surface area contributed by atoms with Crippen LogP contribution in [0.5, 0.6) is 0 Å². The summed E-state index contributed by atoms with van der Waals surface area (Å²) in [4.78, 5) is 10.4. The van der Waals surface area contributed by atoms with E-state index in [9.17, 15) is 4.91 Å². The van der Waals surface area contributed by atoms with Gasteiger partial charge in [-0.1, -0.05) is 48.6 Å². The van der Waals surface area contributed by atoms with Crippen LogP contribution in [0.15, 0.2) is 53.7 Å². The molecular weight excluding hydrogens is 313 g/mol. The van der Waals surface area contributed by atoms with E-state index in [-0.39, 0.29) is 18.3 Å². The van der Waals surface area contributed by atoms with Gasteiger partial charge in [0.05, 0.1) is 11.2 Å². The van der Waals surface area contributed by atoms with Crippen molar-refractivity contribution >= 4 is 30.4 Å². The fraction of sp³-hybridized carbons (Fsp3) is 0.300. The van der Waals surface area contributed by atoms with Crippen molar-refractivity contribution in [3.8, 4) is 0 Å². The van der Waals surface area contributed by atoms with Crippen LogP contribution in [0.1, 0.15) is 38.8 Å². The topological polar surface area (TPSA) is 47.9 Å². The maximum atomic E-state index is 10.4. The van der Waals surface area contributed by atoms with Gasteiger partial charge in [0.25, 0.3) is 0 Å². The van der Waals surface area contributed by atoms with E-state index in [0.29, 0.717) is 5.69 Å². The first-order valence-electron chi connectivity index (χ1n) is 8.38. The predicted octanol–water partition coefficient (Wildman–Crippen LogP) is 4.55. The lowest BCUT2D eigenvalue weighted by Gasteiger charge is -2.32. The Morgan fingerprint density at radius 3 is 1.68 bits per heavy atom. The monoisotopic (exact) mass is 335 g/mol. The van der Waals surface area contributed by atoms with Gasteiger partial charge in [0.1, 0.15) is 5.69 Å². The molecule has 0 radical (unpaired) electrons. The fourth-order valence-electron chi connectivity index (χ4n) is 2.58. The van der Waals surface area contributed by atoms with Gasteiger partial charge in [-0.25, -0.2) is 0 Å². The van der Waals surface area contributed by atoms with Crippen LogP contribution in [0.3, 0.4) is 0 Å². The second-order valence-electron chi connectivity index (χ2n) is 7.27. The van der Waals surface area contributed by atoms with Gasteiger partial charge >= 0.3 is 7.12 Å². The summed E-state index contributed by atoms with van der Waals surface area (Å²) in [7, 11) is -0.341. The summed E-state index contributed by atoms with van der Waals surface area (Å²) in [5.74, 6) is 0. The van der Waals surface area contributed by atoms with Gasteiger partial charge in [-0.05, 0) is 61.6 Å². The number of hydrogen-bond donors (Lipinski definition) is 0. The normalized spacial score (nSPS) is 18.6. The highest BCUT2D eigenvalue weighted by Gasteiger charge is 2.51. The van der Waals surface area contributed by atoms with Gasteiger partial charge in [0, 0.05) is 0 Å². The van der Waals surface area contributed by atoms with E-state index in [4.69, 9.17) is 9.31 Å². The first kappa shape index (κ1) is 17.6. The van der Waals surface area contributed by atoms with E-state index < -0.39 is 0 Å². The standard InChI is InChI=1S/C20H22BNO3/c1-19(2)20(3,4)25-21(24-19)17-11-7-15(8-12-17)5-6-16-9-13-18(22-23)14-10-16/h5-14H,1-4H3/b6-5+. The Labute approximate surface area is 149 Å². The molecule has 0 aliphatic carbocycles. The Bertz CT molecular complexity index is 764. The third kappa shape index (κ3) is 3.73. The molecule has 2 aromatic carbocycles.